The van der Waals surface area contributed by atoms with Crippen LogP contribution in [0.3, 0.4) is 0 Å². The van der Waals surface area contributed by atoms with Crippen molar-refractivity contribution in [3.63, 3.8) is 0 Å². The Labute approximate surface area is 153 Å². The average Bonchev–Trinajstić information content (AvgIpc) is 2.57. The van der Waals surface area contributed by atoms with Gasteiger partial charge in [-0.25, -0.2) is 4.57 Å². The summed E-state index contributed by atoms with van der Waals surface area (Å²) < 4.78 is 3.32. The molecule has 0 aliphatic heterocycles. The van der Waals surface area contributed by atoms with Crippen LogP contribution in [-0.4, -0.2) is 46.3 Å². The maximum absolute atomic E-state index is 2.28. The average molecular weight is 340 g/mol. The minimum Gasteiger partial charge on any atom is -0.378 e. The molecule has 134 valence electrons. The highest BCUT2D eigenvalue weighted by molar-refractivity contribution is 5.70. The number of benzene rings is 1. The molecule has 25 heavy (non-hydrogen) atoms. The van der Waals surface area contributed by atoms with Crippen LogP contribution in [0, 0.1) is 0 Å². The minimum absolute atomic E-state index is 1.05. The van der Waals surface area contributed by atoms with Gasteiger partial charge in [-0.3, -0.25) is 0 Å². The predicted molar refractivity (Wildman–Crippen MR) is 108 cm³/mol. The molecule has 0 amide bonds. The van der Waals surface area contributed by atoms with Crippen LogP contribution in [0.15, 0.2) is 48.8 Å². The van der Waals surface area contributed by atoms with Crippen molar-refractivity contribution in [2.75, 3.05) is 46.7 Å². The van der Waals surface area contributed by atoms with Crippen LogP contribution < -0.4 is 9.47 Å². The second kappa shape index (κ2) is 8.82. The quantitative estimate of drug-likeness (QED) is 0.404. The molecule has 0 radical (unpaired) electrons. The van der Waals surface area contributed by atoms with Crippen LogP contribution in [0.25, 0.3) is 12.2 Å². The Balaban J connectivity index is 1.85. The predicted octanol–water partition coefficient (Wildman–Crippen LogP) is 3.70. The van der Waals surface area contributed by atoms with E-state index in [2.05, 4.69) is 106 Å². The molecule has 0 atom stereocenters. The van der Waals surface area contributed by atoms with Gasteiger partial charge in [0.25, 0.3) is 0 Å². The third-order valence-corrected chi connectivity index (χ3v) is 4.29. The Morgan fingerprint density at radius 3 is 1.92 bits per heavy atom. The summed E-state index contributed by atoms with van der Waals surface area (Å²) >= 11 is 0. The van der Waals surface area contributed by atoms with Crippen molar-refractivity contribution in [1.82, 2.24) is 0 Å². The summed E-state index contributed by atoms with van der Waals surface area (Å²) in [6.45, 7) is 2.32. The standard InChI is InChI=1S/C22H33N3/c1-23(2)22-12-10-20(11-13-22)8-9-21-14-17-24(18-15-21)16-6-7-19-25(3,4)5/h8-15,17-18H,6-7,16,19H2,1-5H3/q+2. The van der Waals surface area contributed by atoms with E-state index < -0.39 is 0 Å². The Morgan fingerprint density at radius 1 is 0.840 bits per heavy atom. The molecule has 0 bridgehead atoms. The first-order chi connectivity index (χ1) is 11.8. The van der Waals surface area contributed by atoms with E-state index in [9.17, 15) is 0 Å². The summed E-state index contributed by atoms with van der Waals surface area (Å²) in [6.07, 6.45) is 11.2. The number of rotatable bonds is 8. The van der Waals surface area contributed by atoms with Crippen LogP contribution >= 0.6 is 0 Å². The van der Waals surface area contributed by atoms with Gasteiger partial charge < -0.3 is 9.38 Å². The molecule has 0 fully saturated rings. The SMILES string of the molecule is CN(C)c1ccc(C=Cc2cc[n+](CCCC[N+](C)(C)C)cc2)cc1. The lowest BCUT2D eigenvalue weighted by molar-refractivity contribution is -0.870. The number of pyridine rings is 1. The Hall–Kier alpha value is -2.13. The molecule has 0 aliphatic carbocycles. The van der Waals surface area contributed by atoms with E-state index >= 15 is 0 Å². The summed E-state index contributed by atoms with van der Waals surface area (Å²) in [4.78, 5) is 2.12. The lowest BCUT2D eigenvalue weighted by atomic mass is 10.1. The molecule has 3 heteroatoms. The molecular weight excluding hydrogens is 306 g/mol. The van der Waals surface area contributed by atoms with Crippen molar-refractivity contribution >= 4 is 17.8 Å². The van der Waals surface area contributed by atoms with Gasteiger partial charge >= 0.3 is 0 Å². The highest BCUT2D eigenvalue weighted by Gasteiger charge is 2.07. The largest absolute Gasteiger partial charge is 0.378 e. The smallest absolute Gasteiger partial charge is 0.169 e. The molecular formula is C22H33N3+2. The fourth-order valence-electron chi connectivity index (χ4n) is 2.69. The van der Waals surface area contributed by atoms with Crippen LogP contribution in [0.1, 0.15) is 24.0 Å². The highest BCUT2D eigenvalue weighted by Crippen LogP contribution is 2.14. The van der Waals surface area contributed by atoms with E-state index in [1.165, 1.54) is 36.2 Å². The van der Waals surface area contributed by atoms with Crippen LogP contribution in [-0.2, 0) is 6.54 Å². The number of quaternary nitrogens is 1. The molecule has 1 heterocycles. The van der Waals surface area contributed by atoms with E-state index in [4.69, 9.17) is 0 Å². The second-order valence-corrected chi connectivity index (χ2v) is 7.91. The number of hydrogen-bond acceptors (Lipinski definition) is 1. The van der Waals surface area contributed by atoms with Gasteiger partial charge in [0.05, 0.1) is 27.7 Å². The van der Waals surface area contributed by atoms with Crippen molar-refractivity contribution in [2.24, 2.45) is 0 Å². The first-order valence-corrected chi connectivity index (χ1v) is 9.08. The first-order valence-electron chi connectivity index (χ1n) is 9.08. The van der Waals surface area contributed by atoms with Gasteiger partial charge in [0.2, 0.25) is 0 Å². The summed E-state index contributed by atoms with van der Waals surface area (Å²) in [5.41, 5.74) is 3.69. The van der Waals surface area contributed by atoms with Crippen molar-refractivity contribution in [3.05, 3.63) is 59.9 Å². The molecule has 3 nitrogen and oxygen atoms in total. The molecule has 1 aromatic heterocycles. The van der Waals surface area contributed by atoms with Crippen LogP contribution in [0.4, 0.5) is 5.69 Å². The number of unbranched alkanes of at least 4 members (excludes halogenated alkanes) is 1. The first kappa shape index (κ1) is 19.2. The second-order valence-electron chi connectivity index (χ2n) is 7.91. The highest BCUT2D eigenvalue weighted by atomic mass is 15.3. The van der Waals surface area contributed by atoms with E-state index in [-0.39, 0.29) is 0 Å². The van der Waals surface area contributed by atoms with Gasteiger partial charge in [-0.1, -0.05) is 24.3 Å². The normalized spacial score (nSPS) is 11.9. The Bertz CT molecular complexity index is 662. The number of hydrogen-bond donors (Lipinski definition) is 0. The van der Waals surface area contributed by atoms with Crippen molar-refractivity contribution in [2.45, 2.75) is 19.4 Å². The van der Waals surface area contributed by atoms with E-state index in [0.717, 1.165) is 11.0 Å². The topological polar surface area (TPSA) is 7.12 Å². The summed E-state index contributed by atoms with van der Waals surface area (Å²) in [5, 5.41) is 0. The molecule has 1 aromatic carbocycles. The third-order valence-electron chi connectivity index (χ3n) is 4.29. The van der Waals surface area contributed by atoms with Gasteiger partial charge in [-0.2, -0.15) is 0 Å². The van der Waals surface area contributed by atoms with Gasteiger partial charge in [-0.15, -0.1) is 0 Å². The molecule has 0 saturated carbocycles. The molecule has 0 unspecified atom stereocenters. The molecule has 0 N–H and O–H groups in total. The van der Waals surface area contributed by atoms with Crippen molar-refractivity contribution in [1.29, 1.82) is 0 Å². The maximum atomic E-state index is 2.28. The van der Waals surface area contributed by atoms with E-state index in [0.29, 0.717) is 0 Å². The molecule has 0 saturated heterocycles. The summed E-state index contributed by atoms with van der Waals surface area (Å²) in [5.74, 6) is 0. The third kappa shape index (κ3) is 7.10. The monoisotopic (exact) mass is 339 g/mol. The maximum Gasteiger partial charge on any atom is 0.169 e. The lowest BCUT2D eigenvalue weighted by Crippen LogP contribution is -2.37. The molecule has 0 aliphatic rings. The zero-order valence-corrected chi connectivity index (χ0v) is 16.4. The van der Waals surface area contributed by atoms with Crippen LogP contribution in [0.2, 0.25) is 0 Å². The fourth-order valence-corrected chi connectivity index (χ4v) is 2.69. The molecule has 2 aromatic rings. The van der Waals surface area contributed by atoms with Gasteiger partial charge in [-0.05, 0) is 23.3 Å². The molecule has 0 spiro atoms. The fraction of sp³-hybridized carbons (Fsp3) is 0.409. The van der Waals surface area contributed by atoms with Gasteiger partial charge in [0.15, 0.2) is 12.4 Å². The zero-order valence-electron chi connectivity index (χ0n) is 16.4. The van der Waals surface area contributed by atoms with Crippen molar-refractivity contribution in [3.8, 4) is 0 Å². The number of nitrogens with zero attached hydrogens (tertiary/aromatic N) is 3. The lowest BCUT2D eigenvalue weighted by Gasteiger charge is -2.23. The Kier molecular flexibility index (Phi) is 6.77. The Morgan fingerprint density at radius 2 is 1.40 bits per heavy atom. The zero-order chi connectivity index (χ0) is 18.3. The number of aromatic nitrogens is 1. The number of anilines is 1. The van der Waals surface area contributed by atoms with Gasteiger partial charge in [0.1, 0.15) is 6.54 Å². The number of aryl methyl sites for hydroxylation is 1. The minimum atomic E-state index is 1.05. The summed E-state index contributed by atoms with van der Waals surface area (Å²) in [7, 11) is 10.9. The molecule has 2 rings (SSSR count). The van der Waals surface area contributed by atoms with E-state index in [1.807, 2.05) is 0 Å². The van der Waals surface area contributed by atoms with Crippen LogP contribution in [0.5, 0.6) is 0 Å². The van der Waals surface area contributed by atoms with Crippen molar-refractivity contribution < 1.29 is 9.05 Å². The van der Waals surface area contributed by atoms with E-state index in [1.54, 1.807) is 0 Å². The summed E-state index contributed by atoms with van der Waals surface area (Å²) in [6, 6.07) is 13.0. The van der Waals surface area contributed by atoms with Gasteiger partial charge in [0, 0.05) is 44.8 Å².